The molecule has 0 aliphatic rings. The highest BCUT2D eigenvalue weighted by Crippen LogP contribution is 2.19. The lowest BCUT2D eigenvalue weighted by molar-refractivity contribution is -0.161. The van der Waals surface area contributed by atoms with E-state index in [0.29, 0.717) is 12.8 Å². The molecular weight excluding hydrogens is 1150 g/mol. The Kier molecular flexibility index (Phi) is 79.3. The minimum absolute atomic E-state index is 0.0702. The van der Waals surface area contributed by atoms with Gasteiger partial charge < -0.3 is 14.6 Å². The maximum Gasteiger partial charge on any atom is 0.306 e. The van der Waals surface area contributed by atoms with Crippen molar-refractivity contribution in [1.82, 2.24) is 0 Å². The molecule has 0 rings (SSSR count). The number of hydrogen-bond acceptors (Lipinski definition) is 5. The summed E-state index contributed by atoms with van der Waals surface area (Å²) in [5.41, 5.74) is 0. The van der Waals surface area contributed by atoms with Crippen molar-refractivity contribution in [3.8, 4) is 0 Å². The van der Waals surface area contributed by atoms with Gasteiger partial charge in [0.2, 0.25) is 0 Å². The van der Waals surface area contributed by atoms with Crippen molar-refractivity contribution in [2.24, 2.45) is 0 Å². The molecule has 5 heteroatoms. The van der Waals surface area contributed by atoms with E-state index in [1.54, 1.807) is 0 Å². The van der Waals surface area contributed by atoms with Gasteiger partial charge in [-0.3, -0.25) is 9.59 Å². The van der Waals surface area contributed by atoms with Crippen molar-refractivity contribution in [3.05, 3.63) is 146 Å². The van der Waals surface area contributed by atoms with Gasteiger partial charge in [0.1, 0.15) is 6.61 Å². The van der Waals surface area contributed by atoms with Gasteiger partial charge in [-0.15, -0.1) is 0 Å². The van der Waals surface area contributed by atoms with Crippen LogP contribution in [-0.4, -0.2) is 36.4 Å². The Morgan fingerprint density at radius 3 is 0.691 bits per heavy atom. The zero-order valence-corrected chi connectivity index (χ0v) is 61.9. The van der Waals surface area contributed by atoms with E-state index in [1.165, 1.54) is 250 Å². The number of rotatable bonds is 74. The third-order valence-corrected chi connectivity index (χ3v) is 17.6. The summed E-state index contributed by atoms with van der Waals surface area (Å²) >= 11 is 0. The van der Waals surface area contributed by atoms with Gasteiger partial charge in [-0.2, -0.15) is 0 Å². The molecule has 0 aliphatic carbocycles. The number of aliphatic hydroxyl groups excluding tert-OH is 1. The molecule has 1 atom stereocenters. The van der Waals surface area contributed by atoms with Crippen LogP contribution in [0.4, 0.5) is 0 Å². The molecule has 0 aromatic heterocycles. The number of esters is 2. The Morgan fingerprint density at radius 2 is 0.457 bits per heavy atom. The average Bonchev–Trinajstić information content (AvgIpc) is 3.77. The van der Waals surface area contributed by atoms with Crippen molar-refractivity contribution in [1.29, 1.82) is 0 Å². The lowest BCUT2D eigenvalue weighted by atomic mass is 10.0. The average molecular weight is 1300 g/mol. The molecule has 0 heterocycles. The molecule has 0 bridgehead atoms. The molecule has 0 radical (unpaired) electrons. The predicted molar refractivity (Wildman–Crippen MR) is 417 cm³/mol. The lowest BCUT2D eigenvalue weighted by Gasteiger charge is -2.15. The van der Waals surface area contributed by atoms with Crippen LogP contribution >= 0.6 is 0 Å². The van der Waals surface area contributed by atoms with E-state index in [4.69, 9.17) is 9.47 Å². The minimum Gasteiger partial charge on any atom is -0.462 e. The Bertz CT molecular complexity index is 1920. The van der Waals surface area contributed by atoms with Gasteiger partial charge in [0, 0.05) is 12.8 Å². The van der Waals surface area contributed by atoms with E-state index in [9.17, 15) is 14.7 Å². The second-order valence-corrected chi connectivity index (χ2v) is 26.8. The van der Waals surface area contributed by atoms with E-state index in [1.807, 2.05) is 0 Å². The Labute approximate surface area is 584 Å². The van der Waals surface area contributed by atoms with Gasteiger partial charge in [-0.1, -0.05) is 397 Å². The molecule has 538 valence electrons. The second-order valence-electron chi connectivity index (χ2n) is 26.8. The molecule has 0 aliphatic heterocycles. The maximum atomic E-state index is 12.4. The number of hydrogen-bond donors (Lipinski definition) is 1. The highest BCUT2D eigenvalue weighted by Gasteiger charge is 2.16. The van der Waals surface area contributed by atoms with Gasteiger partial charge in [0.05, 0.1) is 6.61 Å². The normalized spacial score (nSPS) is 13.0. The molecule has 94 heavy (non-hydrogen) atoms. The number of allylic oxidation sites excluding steroid dienone is 24. The number of carbonyl (C=O) groups excluding carboxylic acids is 2. The van der Waals surface area contributed by atoms with Gasteiger partial charge in [-0.25, -0.2) is 0 Å². The fourth-order valence-electron chi connectivity index (χ4n) is 11.6. The molecule has 5 nitrogen and oxygen atoms in total. The molecule has 0 amide bonds. The smallest absolute Gasteiger partial charge is 0.306 e. The van der Waals surface area contributed by atoms with Gasteiger partial charge >= 0.3 is 11.9 Å². The first-order valence-corrected chi connectivity index (χ1v) is 40.4. The first-order chi connectivity index (χ1) is 46.6. The summed E-state index contributed by atoms with van der Waals surface area (Å²) in [6.45, 7) is 4.05. The van der Waals surface area contributed by atoms with Crippen molar-refractivity contribution in [2.45, 2.75) is 392 Å². The number of unbranched alkanes of at least 4 members (excludes halogenated alkanes) is 42. The number of carbonyl (C=O) groups is 2. The zero-order chi connectivity index (χ0) is 67.5. The molecule has 0 saturated carbocycles. The molecule has 1 N–H and O–H groups in total. The largest absolute Gasteiger partial charge is 0.462 e. The lowest BCUT2D eigenvalue weighted by Crippen LogP contribution is -2.28. The highest BCUT2D eigenvalue weighted by molar-refractivity contribution is 5.70. The van der Waals surface area contributed by atoms with E-state index in [0.717, 1.165) is 109 Å². The van der Waals surface area contributed by atoms with Crippen LogP contribution in [0.15, 0.2) is 146 Å². The topological polar surface area (TPSA) is 72.8 Å². The summed E-state index contributed by atoms with van der Waals surface area (Å²) < 4.78 is 10.8. The summed E-state index contributed by atoms with van der Waals surface area (Å²) in [6, 6.07) is 0. The Morgan fingerprint density at radius 1 is 0.255 bits per heavy atom. The molecule has 0 spiro atoms. The zero-order valence-electron chi connectivity index (χ0n) is 61.9. The monoisotopic (exact) mass is 1300 g/mol. The van der Waals surface area contributed by atoms with Crippen LogP contribution in [-0.2, 0) is 19.1 Å². The molecular formula is C89H152O5. The van der Waals surface area contributed by atoms with Crippen LogP contribution in [0.3, 0.4) is 0 Å². The van der Waals surface area contributed by atoms with Gasteiger partial charge in [0.15, 0.2) is 6.10 Å². The molecule has 0 aromatic carbocycles. The fraction of sp³-hybridized carbons (Fsp3) is 0.708. The second kappa shape index (κ2) is 83.0. The van der Waals surface area contributed by atoms with Crippen LogP contribution in [0, 0.1) is 0 Å². The summed E-state index contributed by atoms with van der Waals surface area (Å²) in [4.78, 5) is 24.7. The van der Waals surface area contributed by atoms with E-state index in [-0.39, 0.29) is 25.2 Å². The summed E-state index contributed by atoms with van der Waals surface area (Å²) in [5.74, 6) is -0.586. The molecule has 0 fully saturated rings. The van der Waals surface area contributed by atoms with Crippen molar-refractivity contribution in [2.75, 3.05) is 13.2 Å². The summed E-state index contributed by atoms with van der Waals surface area (Å²) in [7, 11) is 0. The molecule has 1 unspecified atom stereocenters. The van der Waals surface area contributed by atoms with E-state index in [2.05, 4.69) is 160 Å². The maximum absolute atomic E-state index is 12.4. The number of aliphatic hydroxyl groups is 1. The van der Waals surface area contributed by atoms with E-state index >= 15 is 0 Å². The van der Waals surface area contributed by atoms with Crippen molar-refractivity contribution < 1.29 is 24.2 Å². The van der Waals surface area contributed by atoms with Crippen LogP contribution in [0.5, 0.6) is 0 Å². The summed E-state index contributed by atoms with van der Waals surface area (Å²) in [5, 5.41) is 9.73. The van der Waals surface area contributed by atoms with E-state index < -0.39 is 6.10 Å². The SMILES string of the molecule is CC/C=C\C/C=C\C/C=C\C/C=C\C/C=C\C/C=C\C/C=C\C/C=C\C/C=C\C/C=C\CCCCCCCCCCCCC(=O)OC(CO)COC(=O)CCCCCCCCCCCCCCCCCCCCCCCCCCCCC/C=C\C/C=C\CCCCCCC. The first-order valence-electron chi connectivity index (χ1n) is 40.4. The van der Waals surface area contributed by atoms with Crippen LogP contribution in [0.1, 0.15) is 386 Å². The van der Waals surface area contributed by atoms with Crippen LogP contribution in [0.2, 0.25) is 0 Å². The van der Waals surface area contributed by atoms with Crippen molar-refractivity contribution >= 4 is 11.9 Å². The minimum atomic E-state index is -0.783. The molecule has 0 saturated heterocycles. The first kappa shape index (κ1) is 89.8. The Hall–Kier alpha value is -4.22. The van der Waals surface area contributed by atoms with Crippen LogP contribution in [0.25, 0.3) is 0 Å². The van der Waals surface area contributed by atoms with Gasteiger partial charge in [-0.05, 0) is 122 Å². The fourth-order valence-corrected chi connectivity index (χ4v) is 11.6. The molecule has 0 aromatic rings. The van der Waals surface area contributed by atoms with Crippen LogP contribution < -0.4 is 0 Å². The Balaban J connectivity index is 3.48. The highest BCUT2D eigenvalue weighted by atomic mass is 16.6. The standard InChI is InChI=1S/C89H152O5/c1-3-5-7-9-11-13-15-17-19-21-23-25-27-29-31-33-35-37-39-41-43-44-46-48-50-52-54-56-58-60-62-64-66-68-70-72-74-76-78-80-82-84-89(92)94-87(85-90)86-93-88(91)83-81-79-77-75-73-71-69-67-65-63-61-59-57-55-53-51-49-47-45-42-40-38-36-34-32-30-28-26-24-22-20-18-16-14-12-10-8-6-4-2/h5,7,11,13,16-19,22-25,29,31,35,37,41,43,46,48,52,54,58,60,87,90H,3-4,6,8-10,12,14-15,20-21,26-28,30,32-34,36,38-40,42,44-45,47,49-51,53,55-57,59,61-86H2,1-2H3/b7-5-,13-11-,18-16-,19-17-,24-22-,25-23-,31-29-,37-35-,43-41-,48-46-,54-52-,60-58-. The third kappa shape index (κ3) is 80.2. The predicted octanol–water partition coefficient (Wildman–Crippen LogP) is 28.8. The summed E-state index contributed by atoms with van der Waals surface area (Å²) in [6.07, 6.45) is 125. The third-order valence-electron chi connectivity index (χ3n) is 17.6. The number of ether oxygens (including phenoxy) is 2. The van der Waals surface area contributed by atoms with Gasteiger partial charge in [0.25, 0.3) is 0 Å². The van der Waals surface area contributed by atoms with Crippen molar-refractivity contribution in [3.63, 3.8) is 0 Å². The quantitative estimate of drug-likeness (QED) is 0.0373.